The van der Waals surface area contributed by atoms with Gasteiger partial charge in [-0.15, -0.1) is 0 Å². The molecule has 0 atom stereocenters. The average molecular weight is 617 g/mol. The van der Waals surface area contributed by atoms with Crippen molar-refractivity contribution in [2.24, 2.45) is 0 Å². The number of amides is 1. The van der Waals surface area contributed by atoms with Gasteiger partial charge in [-0.25, -0.2) is 18.2 Å². The van der Waals surface area contributed by atoms with E-state index in [9.17, 15) is 18.0 Å². The second-order valence-corrected chi connectivity index (χ2v) is 11.4. The van der Waals surface area contributed by atoms with E-state index in [1.165, 1.54) is 17.4 Å². The number of hydrogen-bond donors (Lipinski definition) is 4. The third kappa shape index (κ3) is 7.55. The van der Waals surface area contributed by atoms with Crippen molar-refractivity contribution in [3.05, 3.63) is 108 Å². The summed E-state index contributed by atoms with van der Waals surface area (Å²) >= 11 is 1.30. The van der Waals surface area contributed by atoms with Gasteiger partial charge < -0.3 is 26.6 Å². The highest BCUT2D eigenvalue weighted by atomic mass is 32.1. The molecule has 5 N–H and O–H groups in total. The first kappa shape index (κ1) is 30.6. The van der Waals surface area contributed by atoms with Crippen LogP contribution in [0, 0.1) is 17.5 Å². The summed E-state index contributed by atoms with van der Waals surface area (Å²) < 4.78 is 42.5. The Morgan fingerprint density at radius 2 is 1.59 bits per heavy atom. The molecule has 226 valence electrons. The van der Waals surface area contributed by atoms with Gasteiger partial charge in [0.05, 0.1) is 21.8 Å². The molecule has 0 fully saturated rings. The van der Waals surface area contributed by atoms with Crippen LogP contribution in [0.4, 0.5) is 41.1 Å². The second kappa shape index (κ2) is 13.6. The molecule has 5 aromatic rings. The van der Waals surface area contributed by atoms with Crippen LogP contribution in [0.5, 0.6) is 0 Å². The maximum Gasteiger partial charge on any atom is 0.258 e. The SMILES string of the molecule is CN(C)CCCNc1ccc(Nc2cccc(-c3sc(N)nc3-c3cccc(NC(=O)c4cc(F)ccc4F)c3)c2)cc1F. The minimum Gasteiger partial charge on any atom is -0.383 e. The van der Waals surface area contributed by atoms with Crippen LogP contribution >= 0.6 is 11.3 Å². The van der Waals surface area contributed by atoms with Crippen LogP contribution < -0.4 is 21.7 Å². The molecule has 1 amide bonds. The van der Waals surface area contributed by atoms with Crippen molar-refractivity contribution in [2.45, 2.75) is 6.42 Å². The zero-order valence-electron chi connectivity index (χ0n) is 24.1. The van der Waals surface area contributed by atoms with E-state index in [1.54, 1.807) is 24.3 Å². The number of benzene rings is 4. The molecule has 0 saturated heterocycles. The fourth-order valence-corrected chi connectivity index (χ4v) is 5.45. The number of halogens is 3. The van der Waals surface area contributed by atoms with E-state index in [1.807, 2.05) is 50.5 Å². The van der Waals surface area contributed by atoms with Gasteiger partial charge in [0.15, 0.2) is 5.13 Å². The van der Waals surface area contributed by atoms with Crippen LogP contribution in [-0.2, 0) is 0 Å². The highest BCUT2D eigenvalue weighted by Crippen LogP contribution is 2.39. The van der Waals surface area contributed by atoms with Crippen LogP contribution in [0.15, 0.2) is 84.9 Å². The van der Waals surface area contributed by atoms with E-state index in [0.29, 0.717) is 40.0 Å². The second-order valence-electron chi connectivity index (χ2n) is 10.4. The maximum absolute atomic E-state index is 14.8. The molecular weight excluding hydrogens is 585 g/mol. The van der Waals surface area contributed by atoms with Gasteiger partial charge >= 0.3 is 0 Å². The summed E-state index contributed by atoms with van der Waals surface area (Å²) in [5.41, 5.74) is 9.98. The van der Waals surface area contributed by atoms with Crippen molar-refractivity contribution in [1.29, 1.82) is 0 Å². The van der Waals surface area contributed by atoms with E-state index >= 15 is 0 Å². The lowest BCUT2D eigenvalue weighted by Crippen LogP contribution is -2.16. The van der Waals surface area contributed by atoms with Gasteiger partial charge in [-0.3, -0.25) is 4.79 Å². The molecule has 0 aliphatic carbocycles. The molecule has 1 heterocycles. The molecule has 44 heavy (non-hydrogen) atoms. The summed E-state index contributed by atoms with van der Waals surface area (Å²) in [6, 6.07) is 22.1. The number of nitrogens with zero attached hydrogens (tertiary/aromatic N) is 2. The van der Waals surface area contributed by atoms with E-state index in [2.05, 4.69) is 25.8 Å². The van der Waals surface area contributed by atoms with Gasteiger partial charge in [0.1, 0.15) is 17.5 Å². The molecule has 0 radical (unpaired) electrons. The highest BCUT2D eigenvalue weighted by molar-refractivity contribution is 7.19. The van der Waals surface area contributed by atoms with Gasteiger partial charge in [-0.1, -0.05) is 35.6 Å². The Hall–Kier alpha value is -4.87. The van der Waals surface area contributed by atoms with E-state index in [-0.39, 0.29) is 5.82 Å². The van der Waals surface area contributed by atoms with Crippen LogP contribution in [-0.4, -0.2) is 43.0 Å². The maximum atomic E-state index is 14.8. The van der Waals surface area contributed by atoms with E-state index in [4.69, 9.17) is 5.73 Å². The molecule has 0 unspecified atom stereocenters. The first-order valence-corrected chi connectivity index (χ1v) is 14.7. The molecule has 11 heteroatoms. The Balaban J connectivity index is 1.34. The number of carbonyl (C=O) groups excluding carboxylic acids is 1. The topological polar surface area (TPSA) is 95.3 Å². The molecule has 4 aromatic carbocycles. The average Bonchev–Trinajstić information content (AvgIpc) is 3.39. The van der Waals surface area contributed by atoms with Gasteiger partial charge in [0, 0.05) is 29.2 Å². The molecular formula is C33H31F3N6OS. The zero-order chi connectivity index (χ0) is 31.2. The summed E-state index contributed by atoms with van der Waals surface area (Å²) in [6.45, 7) is 1.59. The Morgan fingerprint density at radius 1 is 0.864 bits per heavy atom. The van der Waals surface area contributed by atoms with Crippen molar-refractivity contribution in [3.8, 4) is 21.7 Å². The summed E-state index contributed by atoms with van der Waals surface area (Å²) in [5.74, 6) is -2.66. The van der Waals surface area contributed by atoms with Crippen molar-refractivity contribution in [2.75, 3.05) is 48.9 Å². The first-order chi connectivity index (χ1) is 21.2. The minimum absolute atomic E-state index is 0.347. The molecule has 0 aliphatic heterocycles. The number of hydrogen-bond acceptors (Lipinski definition) is 7. The number of thiazole rings is 1. The fraction of sp³-hybridized carbons (Fsp3) is 0.152. The summed E-state index contributed by atoms with van der Waals surface area (Å²) in [6.07, 6.45) is 0.900. The monoisotopic (exact) mass is 616 g/mol. The van der Waals surface area contributed by atoms with E-state index in [0.717, 1.165) is 47.3 Å². The molecule has 7 nitrogen and oxygen atoms in total. The number of anilines is 5. The van der Waals surface area contributed by atoms with Gasteiger partial charge in [-0.2, -0.15) is 0 Å². The third-order valence-electron chi connectivity index (χ3n) is 6.69. The lowest BCUT2D eigenvalue weighted by molar-refractivity contribution is 0.102. The molecule has 0 saturated carbocycles. The highest BCUT2D eigenvalue weighted by Gasteiger charge is 2.17. The summed E-state index contributed by atoms with van der Waals surface area (Å²) in [4.78, 5) is 20.0. The Bertz CT molecular complexity index is 1790. The predicted octanol–water partition coefficient (Wildman–Crippen LogP) is 7.84. The Labute approximate surface area is 257 Å². The van der Waals surface area contributed by atoms with Gasteiger partial charge in [0.25, 0.3) is 5.91 Å². The molecule has 5 rings (SSSR count). The third-order valence-corrected chi connectivity index (χ3v) is 7.62. The number of rotatable bonds is 11. The Morgan fingerprint density at radius 3 is 2.36 bits per heavy atom. The van der Waals surface area contributed by atoms with Crippen molar-refractivity contribution in [3.63, 3.8) is 0 Å². The molecule has 0 aliphatic rings. The summed E-state index contributed by atoms with van der Waals surface area (Å²) in [5, 5.41) is 9.36. The summed E-state index contributed by atoms with van der Waals surface area (Å²) in [7, 11) is 4.00. The number of nitrogen functional groups attached to an aromatic ring is 1. The van der Waals surface area contributed by atoms with Crippen molar-refractivity contribution in [1.82, 2.24) is 9.88 Å². The lowest BCUT2D eigenvalue weighted by atomic mass is 10.1. The lowest BCUT2D eigenvalue weighted by Gasteiger charge is -2.13. The number of aromatic nitrogens is 1. The van der Waals surface area contributed by atoms with Crippen molar-refractivity contribution < 1.29 is 18.0 Å². The molecule has 0 bridgehead atoms. The number of carbonyl (C=O) groups is 1. The number of nitrogens with one attached hydrogen (secondary N) is 3. The first-order valence-electron chi connectivity index (χ1n) is 13.8. The normalized spacial score (nSPS) is 11.0. The van der Waals surface area contributed by atoms with Crippen LogP contribution in [0.25, 0.3) is 21.7 Å². The van der Waals surface area contributed by atoms with Gasteiger partial charge in [-0.05, 0) is 93.3 Å². The van der Waals surface area contributed by atoms with Crippen LogP contribution in [0.2, 0.25) is 0 Å². The van der Waals surface area contributed by atoms with E-state index < -0.39 is 23.1 Å². The standard InChI is InChI=1S/C33H31F3N6OS/c1-42(2)15-5-14-38-29-13-11-25(19-28(29)36)39-23-8-4-7-21(17-23)31-30(41-33(37)44-31)20-6-3-9-24(16-20)40-32(43)26-18-22(34)10-12-27(26)35/h3-4,6-13,16-19,38-39H,5,14-15H2,1-2H3,(H2,37,41)(H,40,43). The van der Waals surface area contributed by atoms with Crippen LogP contribution in [0.3, 0.4) is 0 Å². The van der Waals surface area contributed by atoms with Crippen molar-refractivity contribution >= 4 is 45.1 Å². The quantitative estimate of drug-likeness (QED) is 0.113. The molecule has 0 spiro atoms. The Kier molecular flexibility index (Phi) is 9.47. The number of nitrogens with two attached hydrogens (primary N) is 1. The zero-order valence-corrected chi connectivity index (χ0v) is 24.9. The smallest absolute Gasteiger partial charge is 0.258 e. The predicted molar refractivity (Wildman–Crippen MR) is 173 cm³/mol. The molecule has 1 aromatic heterocycles. The van der Waals surface area contributed by atoms with Crippen LogP contribution in [0.1, 0.15) is 16.8 Å². The fourth-order valence-electron chi connectivity index (χ4n) is 4.60. The van der Waals surface area contributed by atoms with Gasteiger partial charge in [0.2, 0.25) is 0 Å². The minimum atomic E-state index is -0.825. The largest absolute Gasteiger partial charge is 0.383 e.